The van der Waals surface area contributed by atoms with Crippen LogP contribution in [0.2, 0.25) is 0 Å². The van der Waals surface area contributed by atoms with Crippen LogP contribution in [0, 0.1) is 0 Å². The van der Waals surface area contributed by atoms with Crippen molar-refractivity contribution in [3.05, 3.63) is 35.5 Å². The van der Waals surface area contributed by atoms with E-state index in [0.717, 1.165) is 16.5 Å². The quantitative estimate of drug-likeness (QED) is 0.775. The molecule has 3 rings (SSSR count). The summed E-state index contributed by atoms with van der Waals surface area (Å²) in [6.45, 7) is 3.60. The molecule has 1 amide bonds. The highest BCUT2D eigenvalue weighted by Gasteiger charge is 2.32. The Kier molecular flexibility index (Phi) is 4.55. The van der Waals surface area contributed by atoms with Gasteiger partial charge in [-0.15, -0.1) is 0 Å². The molecule has 1 atom stereocenters. The molecule has 7 heteroatoms. The summed E-state index contributed by atoms with van der Waals surface area (Å²) in [5.41, 5.74) is 2.29. The molecule has 1 aliphatic rings. The Hall–Kier alpha value is -2.38. The zero-order valence-electron chi connectivity index (χ0n) is 13.5. The number of amides is 1. The molecule has 1 aliphatic heterocycles. The predicted molar refractivity (Wildman–Crippen MR) is 88.4 cm³/mol. The summed E-state index contributed by atoms with van der Waals surface area (Å²) < 4.78 is 0. The number of carbonyl (C=O) groups is 2. The number of hydrogen-bond donors (Lipinski definition) is 3. The second-order valence-electron chi connectivity index (χ2n) is 6.06. The Morgan fingerprint density at radius 1 is 1.25 bits per heavy atom. The topological polar surface area (TPSA) is 96.9 Å². The number of rotatable bonds is 4. The first kappa shape index (κ1) is 16.5. The van der Waals surface area contributed by atoms with Gasteiger partial charge in [-0.3, -0.25) is 14.5 Å². The average Bonchev–Trinajstić information content (AvgIpc) is 2.98. The van der Waals surface area contributed by atoms with Crippen molar-refractivity contribution >= 4 is 22.8 Å². The van der Waals surface area contributed by atoms with Crippen molar-refractivity contribution in [2.75, 3.05) is 26.2 Å². The molecule has 0 aliphatic carbocycles. The van der Waals surface area contributed by atoms with Gasteiger partial charge in [0.15, 0.2) is 0 Å². The van der Waals surface area contributed by atoms with Crippen molar-refractivity contribution in [3.8, 4) is 0 Å². The maximum Gasteiger partial charge on any atom is 0.325 e. The molecule has 128 valence electrons. The number of carboxylic acids is 1. The van der Waals surface area contributed by atoms with Crippen molar-refractivity contribution in [2.45, 2.75) is 19.6 Å². The highest BCUT2D eigenvalue weighted by Crippen LogP contribution is 2.30. The summed E-state index contributed by atoms with van der Waals surface area (Å²) in [6, 6.07) is 4.71. The maximum absolute atomic E-state index is 11.9. The zero-order valence-corrected chi connectivity index (χ0v) is 13.5. The fourth-order valence-electron chi connectivity index (χ4n) is 3.30. The van der Waals surface area contributed by atoms with E-state index in [-0.39, 0.29) is 12.5 Å². The van der Waals surface area contributed by atoms with Gasteiger partial charge in [-0.25, -0.2) is 0 Å². The van der Waals surface area contributed by atoms with Gasteiger partial charge < -0.3 is 20.1 Å². The van der Waals surface area contributed by atoms with Crippen molar-refractivity contribution in [1.82, 2.24) is 14.8 Å². The van der Waals surface area contributed by atoms with Gasteiger partial charge >= 0.3 is 5.97 Å². The molecular formula is C17H21N3O4. The molecule has 2 aromatic rings. The van der Waals surface area contributed by atoms with Crippen LogP contribution in [0.5, 0.6) is 0 Å². The molecule has 24 heavy (non-hydrogen) atoms. The fraction of sp³-hybridized carbons (Fsp3) is 0.412. The van der Waals surface area contributed by atoms with Crippen LogP contribution in [0.1, 0.15) is 24.1 Å². The Morgan fingerprint density at radius 2 is 1.96 bits per heavy atom. The van der Waals surface area contributed by atoms with Gasteiger partial charge in [0.1, 0.15) is 6.04 Å². The van der Waals surface area contributed by atoms with E-state index in [1.54, 1.807) is 17.2 Å². The number of benzene rings is 1. The van der Waals surface area contributed by atoms with Crippen LogP contribution in [0.25, 0.3) is 10.9 Å². The van der Waals surface area contributed by atoms with E-state index in [1.165, 1.54) is 6.92 Å². The lowest BCUT2D eigenvalue weighted by atomic mass is 10.0. The second-order valence-corrected chi connectivity index (χ2v) is 6.06. The van der Waals surface area contributed by atoms with Crippen LogP contribution in [-0.4, -0.2) is 63.1 Å². The van der Waals surface area contributed by atoms with Crippen LogP contribution in [-0.2, 0) is 16.2 Å². The molecule has 0 bridgehead atoms. The summed E-state index contributed by atoms with van der Waals surface area (Å²) in [5.74, 6) is -0.886. The standard InChI is InChI=1S/C17H21N3O4/c1-11(22)19-4-6-20(7-5-19)16(17(23)24)14-9-18-15-8-12(10-21)2-3-13(14)15/h2-3,8-9,16,18,21H,4-7,10H2,1H3,(H,23,24)/t16-/m1/s1. The molecule has 0 spiro atoms. The number of nitrogens with zero attached hydrogens (tertiary/aromatic N) is 2. The Balaban J connectivity index is 1.89. The first-order valence-corrected chi connectivity index (χ1v) is 7.94. The third-order valence-electron chi connectivity index (χ3n) is 4.61. The first-order chi connectivity index (χ1) is 11.5. The SMILES string of the molecule is CC(=O)N1CCN([C@@H](C(=O)O)c2c[nH]c3cc(CO)ccc23)CC1. The first-order valence-electron chi connectivity index (χ1n) is 7.94. The van der Waals surface area contributed by atoms with Gasteiger partial charge in [-0.05, 0) is 11.6 Å². The summed E-state index contributed by atoms with van der Waals surface area (Å²) >= 11 is 0. The zero-order chi connectivity index (χ0) is 17.3. The van der Waals surface area contributed by atoms with E-state index in [2.05, 4.69) is 4.98 Å². The number of aromatic nitrogens is 1. The molecular weight excluding hydrogens is 310 g/mol. The minimum Gasteiger partial charge on any atom is -0.480 e. The van der Waals surface area contributed by atoms with Crippen LogP contribution in [0.4, 0.5) is 0 Å². The van der Waals surface area contributed by atoms with E-state index >= 15 is 0 Å². The summed E-state index contributed by atoms with van der Waals surface area (Å²) in [6.07, 6.45) is 1.72. The molecule has 1 saturated heterocycles. The third-order valence-corrected chi connectivity index (χ3v) is 4.61. The molecule has 0 saturated carbocycles. The molecule has 0 radical (unpaired) electrons. The van der Waals surface area contributed by atoms with Crippen LogP contribution >= 0.6 is 0 Å². The number of aromatic amines is 1. The molecule has 2 heterocycles. The van der Waals surface area contributed by atoms with Crippen molar-refractivity contribution in [3.63, 3.8) is 0 Å². The number of nitrogens with one attached hydrogen (secondary N) is 1. The minimum atomic E-state index is -0.904. The fourth-order valence-corrected chi connectivity index (χ4v) is 3.30. The number of H-pyrrole nitrogens is 1. The van der Waals surface area contributed by atoms with E-state index in [4.69, 9.17) is 0 Å². The Morgan fingerprint density at radius 3 is 2.54 bits per heavy atom. The van der Waals surface area contributed by atoms with E-state index < -0.39 is 12.0 Å². The maximum atomic E-state index is 11.9. The molecule has 1 aromatic heterocycles. The van der Waals surface area contributed by atoms with Gasteiger partial charge in [-0.2, -0.15) is 0 Å². The lowest BCUT2D eigenvalue weighted by molar-refractivity contribution is -0.144. The van der Waals surface area contributed by atoms with Crippen molar-refractivity contribution < 1.29 is 19.8 Å². The predicted octanol–water partition coefficient (Wildman–Crippen LogP) is 0.950. The summed E-state index contributed by atoms with van der Waals surface area (Å²) in [5, 5.41) is 19.8. The van der Waals surface area contributed by atoms with Gasteiger partial charge in [0, 0.05) is 55.8 Å². The molecule has 3 N–H and O–H groups in total. The normalized spacial score (nSPS) is 17.2. The molecule has 1 fully saturated rings. The van der Waals surface area contributed by atoms with E-state index in [9.17, 15) is 19.8 Å². The monoisotopic (exact) mass is 331 g/mol. The van der Waals surface area contributed by atoms with Crippen molar-refractivity contribution in [1.29, 1.82) is 0 Å². The van der Waals surface area contributed by atoms with E-state index in [0.29, 0.717) is 31.7 Å². The van der Waals surface area contributed by atoms with Gasteiger partial charge in [0.25, 0.3) is 0 Å². The van der Waals surface area contributed by atoms with Crippen LogP contribution < -0.4 is 0 Å². The van der Waals surface area contributed by atoms with Crippen LogP contribution in [0.15, 0.2) is 24.4 Å². The minimum absolute atomic E-state index is 0.0187. The Labute approximate surface area is 139 Å². The average molecular weight is 331 g/mol. The summed E-state index contributed by atoms with van der Waals surface area (Å²) in [4.78, 5) is 30.1. The molecule has 7 nitrogen and oxygen atoms in total. The third kappa shape index (κ3) is 3.00. The highest BCUT2D eigenvalue weighted by molar-refractivity contribution is 5.89. The summed E-state index contributed by atoms with van der Waals surface area (Å²) in [7, 11) is 0. The Bertz CT molecular complexity index is 762. The molecule has 0 unspecified atom stereocenters. The van der Waals surface area contributed by atoms with Gasteiger partial charge in [0.05, 0.1) is 6.61 Å². The largest absolute Gasteiger partial charge is 0.480 e. The smallest absolute Gasteiger partial charge is 0.325 e. The van der Waals surface area contributed by atoms with Gasteiger partial charge in [0.2, 0.25) is 5.91 Å². The number of hydrogen-bond acceptors (Lipinski definition) is 4. The number of fused-ring (bicyclic) bond motifs is 1. The van der Waals surface area contributed by atoms with Crippen LogP contribution in [0.3, 0.4) is 0 Å². The lowest BCUT2D eigenvalue weighted by Gasteiger charge is -2.37. The lowest BCUT2D eigenvalue weighted by Crippen LogP contribution is -2.50. The number of aliphatic hydroxyl groups excluding tert-OH is 1. The van der Waals surface area contributed by atoms with Crippen molar-refractivity contribution in [2.24, 2.45) is 0 Å². The number of aliphatic carboxylic acids is 1. The molecule has 1 aromatic carbocycles. The highest BCUT2D eigenvalue weighted by atomic mass is 16.4. The van der Waals surface area contributed by atoms with E-state index in [1.807, 2.05) is 17.0 Å². The number of piperazine rings is 1. The number of carboxylic acid groups (broad SMARTS) is 1. The second kappa shape index (κ2) is 6.62. The number of aliphatic hydroxyl groups is 1. The number of carbonyl (C=O) groups excluding carboxylic acids is 1. The van der Waals surface area contributed by atoms with Gasteiger partial charge in [-0.1, -0.05) is 12.1 Å².